The highest BCUT2D eigenvalue weighted by atomic mass is 16.5. The zero-order chi connectivity index (χ0) is 18.8. The van der Waals surface area contributed by atoms with Crippen molar-refractivity contribution in [3.05, 3.63) is 39.2 Å². The van der Waals surface area contributed by atoms with Crippen molar-refractivity contribution in [3.63, 3.8) is 0 Å². The molecule has 1 saturated heterocycles. The van der Waals surface area contributed by atoms with Gasteiger partial charge < -0.3 is 18.8 Å². The second-order valence-electron chi connectivity index (χ2n) is 7.25. The first-order valence-electron chi connectivity index (χ1n) is 9.71. The Morgan fingerprint density at radius 3 is 2.63 bits per heavy atom. The van der Waals surface area contributed by atoms with Crippen LogP contribution in [0.2, 0.25) is 0 Å². The molecule has 0 atom stereocenters. The quantitative estimate of drug-likeness (QED) is 0.613. The number of aryl methyl sites for hydroxylation is 2. The first-order valence-corrected chi connectivity index (χ1v) is 9.71. The zero-order valence-corrected chi connectivity index (χ0v) is 15.7. The van der Waals surface area contributed by atoms with Gasteiger partial charge in [-0.2, -0.15) is 0 Å². The van der Waals surface area contributed by atoms with E-state index in [2.05, 4.69) is 0 Å². The maximum atomic E-state index is 12.5. The lowest BCUT2D eigenvalue weighted by Crippen LogP contribution is -2.43. The molecule has 0 spiro atoms. The van der Waals surface area contributed by atoms with Gasteiger partial charge in [0.2, 0.25) is 0 Å². The Morgan fingerprint density at radius 2 is 1.85 bits per heavy atom. The smallest absolute Gasteiger partial charge is 0.339 e. The van der Waals surface area contributed by atoms with Gasteiger partial charge in [-0.3, -0.25) is 4.79 Å². The molecule has 2 heterocycles. The first kappa shape index (κ1) is 18.0. The molecule has 0 bridgehead atoms. The molecule has 4 rings (SSSR count). The van der Waals surface area contributed by atoms with Gasteiger partial charge in [-0.05, 0) is 50.3 Å². The summed E-state index contributed by atoms with van der Waals surface area (Å²) in [6, 6.07) is 3.85. The topological polar surface area (TPSA) is 69.0 Å². The van der Waals surface area contributed by atoms with Crippen LogP contribution in [0.1, 0.15) is 36.0 Å². The van der Waals surface area contributed by atoms with E-state index >= 15 is 0 Å². The Balaban J connectivity index is 1.60. The monoisotopic (exact) mass is 371 g/mol. The molecule has 2 aromatic rings. The van der Waals surface area contributed by atoms with Crippen LogP contribution in [0, 0.1) is 6.92 Å². The third-order valence-corrected chi connectivity index (χ3v) is 5.56. The molecule has 27 heavy (non-hydrogen) atoms. The Labute approximate surface area is 158 Å². The van der Waals surface area contributed by atoms with Crippen molar-refractivity contribution in [1.29, 1.82) is 0 Å². The van der Waals surface area contributed by atoms with Crippen LogP contribution in [0.3, 0.4) is 0 Å². The summed E-state index contributed by atoms with van der Waals surface area (Å²) in [5.41, 5.74) is 3.07. The van der Waals surface area contributed by atoms with Crippen LogP contribution < -0.4 is 10.4 Å². The molecule has 0 unspecified atom stereocenters. The highest BCUT2D eigenvalue weighted by Gasteiger charge is 2.21. The summed E-state index contributed by atoms with van der Waals surface area (Å²) < 4.78 is 16.7. The third kappa shape index (κ3) is 3.58. The standard InChI is InChI=1S/C21H25NO5/c1-14-18(26-13-19(23)22-9-11-25-12-10-22)8-7-16-15-5-3-2-4-6-17(15)21(24)27-20(14)16/h7-8H,2-6,9-13H2,1H3. The van der Waals surface area contributed by atoms with E-state index in [0.29, 0.717) is 37.6 Å². The fourth-order valence-corrected chi connectivity index (χ4v) is 4.00. The van der Waals surface area contributed by atoms with E-state index in [1.54, 1.807) is 4.90 Å². The fraction of sp³-hybridized carbons (Fsp3) is 0.524. The van der Waals surface area contributed by atoms with Crippen LogP contribution in [0.5, 0.6) is 5.75 Å². The largest absolute Gasteiger partial charge is 0.483 e. The maximum Gasteiger partial charge on any atom is 0.339 e. The van der Waals surface area contributed by atoms with Gasteiger partial charge in [0.05, 0.1) is 13.2 Å². The lowest BCUT2D eigenvalue weighted by atomic mass is 9.99. The molecule has 1 aromatic heterocycles. The van der Waals surface area contributed by atoms with Crippen molar-refractivity contribution in [3.8, 4) is 5.75 Å². The van der Waals surface area contributed by atoms with Crippen LogP contribution in [-0.2, 0) is 22.4 Å². The molecule has 1 aromatic carbocycles. The molecule has 1 aliphatic heterocycles. The molecular weight excluding hydrogens is 346 g/mol. The van der Waals surface area contributed by atoms with Crippen molar-refractivity contribution in [2.75, 3.05) is 32.9 Å². The Hall–Kier alpha value is -2.34. The van der Waals surface area contributed by atoms with Gasteiger partial charge in [-0.25, -0.2) is 4.79 Å². The van der Waals surface area contributed by atoms with Gasteiger partial charge in [0.1, 0.15) is 11.3 Å². The molecule has 0 radical (unpaired) electrons. The highest BCUT2D eigenvalue weighted by molar-refractivity contribution is 5.86. The van der Waals surface area contributed by atoms with Gasteiger partial charge in [0.15, 0.2) is 6.61 Å². The summed E-state index contributed by atoms with van der Waals surface area (Å²) in [6.07, 6.45) is 4.97. The van der Waals surface area contributed by atoms with E-state index in [4.69, 9.17) is 13.9 Å². The molecule has 6 heteroatoms. The number of benzene rings is 1. The van der Waals surface area contributed by atoms with Crippen molar-refractivity contribution < 1.29 is 18.7 Å². The number of rotatable bonds is 3. The van der Waals surface area contributed by atoms with Crippen LogP contribution in [0.25, 0.3) is 11.0 Å². The van der Waals surface area contributed by atoms with Gasteiger partial charge in [-0.15, -0.1) is 0 Å². The molecule has 2 aliphatic rings. The molecular formula is C21H25NO5. The molecule has 0 saturated carbocycles. The molecule has 144 valence electrons. The summed E-state index contributed by atoms with van der Waals surface area (Å²) in [7, 11) is 0. The number of morpholine rings is 1. The molecule has 1 amide bonds. The summed E-state index contributed by atoms with van der Waals surface area (Å²) >= 11 is 0. The number of carbonyl (C=O) groups excluding carboxylic acids is 1. The van der Waals surface area contributed by atoms with Crippen molar-refractivity contribution >= 4 is 16.9 Å². The van der Waals surface area contributed by atoms with Gasteiger partial charge in [0.25, 0.3) is 5.91 Å². The predicted octanol–water partition coefficient (Wildman–Crippen LogP) is 2.61. The summed E-state index contributed by atoms with van der Waals surface area (Å²) in [5, 5.41) is 0.996. The molecule has 1 fully saturated rings. The second-order valence-corrected chi connectivity index (χ2v) is 7.25. The number of hydrogen-bond donors (Lipinski definition) is 0. The van der Waals surface area contributed by atoms with E-state index < -0.39 is 0 Å². The van der Waals surface area contributed by atoms with Crippen LogP contribution in [0.15, 0.2) is 21.3 Å². The lowest BCUT2D eigenvalue weighted by molar-refractivity contribution is -0.137. The van der Waals surface area contributed by atoms with E-state index in [-0.39, 0.29) is 18.1 Å². The molecule has 1 aliphatic carbocycles. The SMILES string of the molecule is Cc1c(OCC(=O)N2CCOCC2)ccc2c3c(c(=O)oc12)CCCCC3. The zero-order valence-electron chi connectivity index (χ0n) is 15.7. The minimum absolute atomic E-state index is 0.0263. The Morgan fingerprint density at radius 1 is 1.11 bits per heavy atom. The molecule has 0 N–H and O–H groups in total. The first-order chi connectivity index (χ1) is 13.1. The van der Waals surface area contributed by atoms with Gasteiger partial charge in [0, 0.05) is 29.6 Å². The van der Waals surface area contributed by atoms with E-state index in [1.165, 1.54) is 0 Å². The van der Waals surface area contributed by atoms with Gasteiger partial charge in [-0.1, -0.05) is 6.42 Å². The van der Waals surface area contributed by atoms with Gasteiger partial charge >= 0.3 is 5.63 Å². The average molecular weight is 371 g/mol. The van der Waals surface area contributed by atoms with Crippen LogP contribution in [-0.4, -0.2) is 43.7 Å². The molecule has 6 nitrogen and oxygen atoms in total. The number of ether oxygens (including phenoxy) is 2. The number of carbonyl (C=O) groups is 1. The summed E-state index contributed by atoms with van der Waals surface area (Å²) in [5.74, 6) is 0.530. The van der Waals surface area contributed by atoms with Crippen LogP contribution in [0.4, 0.5) is 0 Å². The summed E-state index contributed by atoms with van der Waals surface area (Å²) in [6.45, 7) is 4.18. The predicted molar refractivity (Wildman–Crippen MR) is 101 cm³/mol. The third-order valence-electron chi connectivity index (χ3n) is 5.56. The number of fused-ring (bicyclic) bond motifs is 3. The minimum atomic E-state index is -0.232. The fourth-order valence-electron chi connectivity index (χ4n) is 4.00. The van der Waals surface area contributed by atoms with Crippen LogP contribution >= 0.6 is 0 Å². The Bertz CT molecular complexity index is 911. The van der Waals surface area contributed by atoms with E-state index in [0.717, 1.165) is 54.2 Å². The number of nitrogens with zero attached hydrogens (tertiary/aromatic N) is 1. The summed E-state index contributed by atoms with van der Waals surface area (Å²) in [4.78, 5) is 26.5. The van der Waals surface area contributed by atoms with E-state index in [1.807, 2.05) is 19.1 Å². The highest BCUT2D eigenvalue weighted by Crippen LogP contribution is 2.32. The number of amides is 1. The normalized spacial score (nSPS) is 17.4. The second kappa shape index (κ2) is 7.72. The minimum Gasteiger partial charge on any atom is -0.483 e. The number of hydrogen-bond acceptors (Lipinski definition) is 5. The van der Waals surface area contributed by atoms with E-state index in [9.17, 15) is 9.59 Å². The lowest BCUT2D eigenvalue weighted by Gasteiger charge is -2.26. The Kier molecular flexibility index (Phi) is 5.16. The van der Waals surface area contributed by atoms with Crippen molar-refractivity contribution in [2.24, 2.45) is 0 Å². The van der Waals surface area contributed by atoms with Crippen molar-refractivity contribution in [2.45, 2.75) is 39.0 Å². The average Bonchev–Trinajstić information content (AvgIpc) is 2.95. The maximum absolute atomic E-state index is 12.5. The van der Waals surface area contributed by atoms with Crippen molar-refractivity contribution in [1.82, 2.24) is 4.90 Å².